The zero-order valence-corrected chi connectivity index (χ0v) is 13.2. The van der Waals surface area contributed by atoms with E-state index in [-0.39, 0.29) is 6.09 Å². The molecule has 2 rings (SSSR count). The van der Waals surface area contributed by atoms with Crippen molar-refractivity contribution in [1.82, 2.24) is 14.7 Å². The molecule has 2 saturated heterocycles. The van der Waals surface area contributed by atoms with E-state index in [0.717, 1.165) is 39.0 Å². The highest BCUT2D eigenvalue weighted by Gasteiger charge is 2.36. The average molecular weight is 283 g/mol. The van der Waals surface area contributed by atoms with E-state index in [0.29, 0.717) is 18.6 Å². The maximum absolute atomic E-state index is 12.2. The lowest BCUT2D eigenvalue weighted by molar-refractivity contribution is 0.0716. The second kappa shape index (κ2) is 7.27. The van der Waals surface area contributed by atoms with Crippen molar-refractivity contribution < 1.29 is 9.53 Å². The number of likely N-dealkylation sites (N-methyl/N-ethyl adjacent to an activating group) is 1. The third-order valence-electron chi connectivity index (χ3n) is 4.61. The molecule has 0 saturated carbocycles. The first kappa shape index (κ1) is 15.6. The van der Waals surface area contributed by atoms with Gasteiger partial charge in [0.05, 0.1) is 0 Å². The van der Waals surface area contributed by atoms with Gasteiger partial charge in [-0.3, -0.25) is 0 Å². The number of rotatable bonds is 4. The van der Waals surface area contributed by atoms with Crippen LogP contribution in [0.5, 0.6) is 0 Å². The number of hydrogen-bond acceptors (Lipinski definition) is 4. The Kier molecular flexibility index (Phi) is 5.66. The number of amides is 1. The van der Waals surface area contributed by atoms with Crippen LogP contribution >= 0.6 is 0 Å². The van der Waals surface area contributed by atoms with Crippen molar-refractivity contribution in [1.29, 1.82) is 0 Å². The Hall–Kier alpha value is -0.810. The first-order chi connectivity index (χ1) is 9.58. The Bertz CT molecular complexity index is 314. The molecule has 0 aromatic rings. The number of hydrogen-bond donors (Lipinski definition) is 0. The van der Waals surface area contributed by atoms with Gasteiger partial charge in [0.1, 0.15) is 6.61 Å². The third-order valence-corrected chi connectivity index (χ3v) is 4.61. The van der Waals surface area contributed by atoms with Crippen molar-refractivity contribution >= 4 is 6.09 Å². The van der Waals surface area contributed by atoms with Gasteiger partial charge in [0.15, 0.2) is 0 Å². The Morgan fingerprint density at radius 3 is 2.55 bits per heavy atom. The molecule has 0 spiro atoms. The minimum absolute atomic E-state index is 0.103. The molecule has 2 fully saturated rings. The largest absolute Gasteiger partial charge is 0.448 e. The van der Waals surface area contributed by atoms with E-state index in [1.54, 1.807) is 0 Å². The van der Waals surface area contributed by atoms with Gasteiger partial charge in [0.2, 0.25) is 0 Å². The minimum Gasteiger partial charge on any atom is -0.448 e. The van der Waals surface area contributed by atoms with E-state index >= 15 is 0 Å². The van der Waals surface area contributed by atoms with E-state index in [1.807, 2.05) is 23.9 Å². The highest BCUT2D eigenvalue weighted by atomic mass is 16.6. The summed E-state index contributed by atoms with van der Waals surface area (Å²) in [5, 5.41) is 0. The summed E-state index contributed by atoms with van der Waals surface area (Å²) in [6.45, 7) is 4.47. The quantitative estimate of drug-likeness (QED) is 0.783. The molecular weight excluding hydrogens is 254 g/mol. The Labute approximate surface area is 122 Å². The summed E-state index contributed by atoms with van der Waals surface area (Å²) in [5.74, 6) is 0.662. The van der Waals surface area contributed by atoms with Gasteiger partial charge in [0, 0.05) is 19.1 Å². The van der Waals surface area contributed by atoms with Gasteiger partial charge in [-0.25, -0.2) is 4.79 Å². The highest BCUT2D eigenvalue weighted by Crippen LogP contribution is 2.31. The molecule has 0 unspecified atom stereocenters. The molecule has 0 aromatic heterocycles. The molecule has 2 aliphatic rings. The number of nitrogens with zero attached hydrogens (tertiary/aromatic N) is 3. The van der Waals surface area contributed by atoms with Crippen LogP contribution < -0.4 is 0 Å². The summed E-state index contributed by atoms with van der Waals surface area (Å²) in [5.41, 5.74) is 0. The van der Waals surface area contributed by atoms with Gasteiger partial charge in [-0.05, 0) is 65.8 Å². The first-order valence-corrected chi connectivity index (χ1v) is 7.84. The normalized spacial score (nSPS) is 25.4. The number of piperidine rings is 1. The predicted molar refractivity (Wildman–Crippen MR) is 79.9 cm³/mol. The molecular formula is C15H29N3O2. The molecule has 1 atom stereocenters. The first-order valence-electron chi connectivity index (χ1n) is 7.84. The van der Waals surface area contributed by atoms with Crippen LogP contribution in [0.3, 0.4) is 0 Å². The fourth-order valence-corrected chi connectivity index (χ4v) is 3.32. The molecule has 1 amide bonds. The molecule has 2 heterocycles. The number of carbonyl (C=O) groups excluding carboxylic acids is 1. The van der Waals surface area contributed by atoms with Crippen molar-refractivity contribution in [2.75, 3.05) is 53.9 Å². The summed E-state index contributed by atoms with van der Waals surface area (Å²) < 4.78 is 5.41. The summed E-state index contributed by atoms with van der Waals surface area (Å²) in [6.07, 6.45) is 4.59. The molecule has 5 heteroatoms. The Balaban J connectivity index is 1.82. The Morgan fingerprint density at radius 1 is 1.20 bits per heavy atom. The van der Waals surface area contributed by atoms with Crippen molar-refractivity contribution in [2.24, 2.45) is 5.92 Å². The Morgan fingerprint density at radius 2 is 1.90 bits per heavy atom. The molecule has 0 bridgehead atoms. The fourth-order valence-electron chi connectivity index (χ4n) is 3.32. The van der Waals surface area contributed by atoms with E-state index in [4.69, 9.17) is 4.74 Å². The number of carbonyl (C=O) groups is 1. The van der Waals surface area contributed by atoms with Crippen LogP contribution in [0.25, 0.3) is 0 Å². The second-order valence-corrected chi connectivity index (χ2v) is 6.46. The lowest BCUT2D eigenvalue weighted by atomic mass is 9.88. The van der Waals surface area contributed by atoms with Crippen molar-refractivity contribution in [3.63, 3.8) is 0 Å². The molecule has 116 valence electrons. The van der Waals surface area contributed by atoms with Gasteiger partial charge in [-0.1, -0.05) is 0 Å². The topological polar surface area (TPSA) is 36.0 Å². The van der Waals surface area contributed by atoms with Crippen molar-refractivity contribution in [2.45, 2.75) is 31.7 Å². The van der Waals surface area contributed by atoms with Gasteiger partial charge in [0.25, 0.3) is 0 Å². The summed E-state index contributed by atoms with van der Waals surface area (Å²) >= 11 is 0. The molecule has 0 aromatic carbocycles. The smallest absolute Gasteiger partial charge is 0.410 e. The average Bonchev–Trinajstić information content (AvgIpc) is 2.88. The monoisotopic (exact) mass is 283 g/mol. The summed E-state index contributed by atoms with van der Waals surface area (Å²) in [4.78, 5) is 18.6. The van der Waals surface area contributed by atoms with E-state index in [2.05, 4.69) is 11.9 Å². The van der Waals surface area contributed by atoms with Gasteiger partial charge >= 0.3 is 6.09 Å². The van der Waals surface area contributed by atoms with Crippen LogP contribution in [0.1, 0.15) is 25.7 Å². The maximum Gasteiger partial charge on any atom is 0.410 e. The van der Waals surface area contributed by atoms with Crippen molar-refractivity contribution in [3.8, 4) is 0 Å². The fraction of sp³-hybridized carbons (Fsp3) is 0.933. The third kappa shape index (κ3) is 4.09. The van der Waals surface area contributed by atoms with Gasteiger partial charge in [-0.2, -0.15) is 0 Å². The van der Waals surface area contributed by atoms with E-state index < -0.39 is 0 Å². The van der Waals surface area contributed by atoms with Gasteiger partial charge in [-0.15, -0.1) is 0 Å². The SMILES string of the molecule is CN(C)CCOC(=O)N1CCC[C@H]1C1CCN(C)CC1. The molecule has 5 nitrogen and oxygen atoms in total. The molecule has 0 N–H and O–H groups in total. The van der Waals surface area contributed by atoms with E-state index in [1.165, 1.54) is 12.8 Å². The van der Waals surface area contributed by atoms with Crippen LogP contribution in [0.2, 0.25) is 0 Å². The van der Waals surface area contributed by atoms with Crippen LogP contribution in [0.4, 0.5) is 4.79 Å². The van der Waals surface area contributed by atoms with E-state index in [9.17, 15) is 4.79 Å². The standard InChI is InChI=1S/C15H29N3O2/c1-16(2)11-12-20-15(19)18-8-4-5-14(18)13-6-9-17(3)10-7-13/h13-14H,4-12H2,1-3H3/t14-/m0/s1. The zero-order valence-electron chi connectivity index (χ0n) is 13.2. The maximum atomic E-state index is 12.2. The number of ether oxygens (including phenoxy) is 1. The molecule has 20 heavy (non-hydrogen) atoms. The van der Waals surface area contributed by atoms with Crippen LogP contribution in [-0.2, 0) is 4.74 Å². The molecule has 2 aliphatic heterocycles. The lowest BCUT2D eigenvalue weighted by Crippen LogP contribution is -2.44. The zero-order chi connectivity index (χ0) is 14.5. The second-order valence-electron chi connectivity index (χ2n) is 6.46. The van der Waals surface area contributed by atoms with Gasteiger partial charge < -0.3 is 19.4 Å². The molecule has 0 aliphatic carbocycles. The summed E-state index contributed by atoms with van der Waals surface area (Å²) in [7, 11) is 6.16. The lowest BCUT2D eigenvalue weighted by Gasteiger charge is -2.36. The molecule has 0 radical (unpaired) electrons. The highest BCUT2D eigenvalue weighted by molar-refractivity contribution is 5.68. The van der Waals surface area contributed by atoms with Crippen LogP contribution in [0.15, 0.2) is 0 Å². The minimum atomic E-state index is -0.103. The summed E-state index contributed by atoms with van der Waals surface area (Å²) in [6, 6.07) is 0.413. The predicted octanol–water partition coefficient (Wildman–Crippen LogP) is 1.49. The number of likely N-dealkylation sites (tertiary alicyclic amines) is 2. The van der Waals surface area contributed by atoms with Crippen LogP contribution in [0, 0.1) is 5.92 Å². The van der Waals surface area contributed by atoms with Crippen molar-refractivity contribution in [3.05, 3.63) is 0 Å². The van der Waals surface area contributed by atoms with Crippen LogP contribution in [-0.4, -0.2) is 80.8 Å².